The van der Waals surface area contributed by atoms with Gasteiger partial charge in [0.25, 0.3) is 0 Å². The molecular weight excluding hydrogens is 154 g/mol. The van der Waals surface area contributed by atoms with Crippen molar-refractivity contribution < 1.29 is 9.90 Å². The summed E-state index contributed by atoms with van der Waals surface area (Å²) in [5.74, 6) is 0. The van der Waals surface area contributed by atoms with Crippen LogP contribution in [0.5, 0.6) is 0 Å². The lowest BCUT2D eigenvalue weighted by molar-refractivity contribution is -0.109. The quantitative estimate of drug-likeness (QED) is 0.589. The molecule has 1 N–H and O–H groups in total. The van der Waals surface area contributed by atoms with Crippen LogP contribution in [0.1, 0.15) is 25.7 Å². The predicted octanol–water partition coefficient (Wildman–Crippen LogP) is 0.422. The van der Waals surface area contributed by atoms with Crippen molar-refractivity contribution in [3.8, 4) is 0 Å². The summed E-state index contributed by atoms with van der Waals surface area (Å²) in [7, 11) is 0. The van der Waals surface area contributed by atoms with Crippen molar-refractivity contribution in [2.45, 2.75) is 31.7 Å². The monoisotopic (exact) mass is 171 g/mol. The van der Waals surface area contributed by atoms with Crippen molar-refractivity contribution >= 4 is 6.29 Å². The molecule has 0 spiro atoms. The normalized spacial score (nSPS) is 17.8. The molecule has 0 aromatic rings. The van der Waals surface area contributed by atoms with E-state index in [1.807, 2.05) is 0 Å². The highest BCUT2D eigenvalue weighted by atomic mass is 16.3. The Balaban J connectivity index is 2.21. The van der Waals surface area contributed by atoms with Crippen molar-refractivity contribution in [1.82, 2.24) is 4.90 Å². The average molecular weight is 171 g/mol. The average Bonchev–Trinajstić information content (AvgIpc) is 1.97. The van der Waals surface area contributed by atoms with Gasteiger partial charge in [0, 0.05) is 19.2 Å². The molecule has 3 nitrogen and oxygen atoms in total. The zero-order chi connectivity index (χ0) is 8.81. The van der Waals surface area contributed by atoms with Gasteiger partial charge in [-0.05, 0) is 19.3 Å². The highest BCUT2D eigenvalue weighted by Crippen LogP contribution is 2.24. The first-order valence-electron chi connectivity index (χ1n) is 4.67. The second-order valence-corrected chi connectivity index (χ2v) is 3.32. The Morgan fingerprint density at radius 3 is 2.67 bits per heavy atom. The minimum absolute atomic E-state index is 0.224. The largest absolute Gasteiger partial charge is 0.396 e. The topological polar surface area (TPSA) is 40.5 Å². The van der Waals surface area contributed by atoms with Crippen LogP contribution in [0.4, 0.5) is 0 Å². The SMILES string of the molecule is O=CCN(CCCO)C1CCC1. The van der Waals surface area contributed by atoms with E-state index in [-0.39, 0.29) is 6.61 Å². The van der Waals surface area contributed by atoms with Crippen LogP contribution in [0.3, 0.4) is 0 Å². The molecule has 3 heteroatoms. The first kappa shape index (κ1) is 9.68. The van der Waals surface area contributed by atoms with Crippen LogP contribution in [-0.4, -0.2) is 42.0 Å². The smallest absolute Gasteiger partial charge is 0.133 e. The van der Waals surface area contributed by atoms with Crippen molar-refractivity contribution in [3.63, 3.8) is 0 Å². The maximum Gasteiger partial charge on any atom is 0.133 e. The first-order chi connectivity index (χ1) is 5.88. The van der Waals surface area contributed by atoms with E-state index >= 15 is 0 Å². The predicted molar refractivity (Wildman–Crippen MR) is 47.0 cm³/mol. The van der Waals surface area contributed by atoms with Gasteiger partial charge in [-0.1, -0.05) is 6.42 Å². The number of rotatable bonds is 6. The van der Waals surface area contributed by atoms with Crippen molar-refractivity contribution in [2.24, 2.45) is 0 Å². The molecular formula is C9H17NO2. The third-order valence-corrected chi connectivity index (χ3v) is 2.50. The number of nitrogens with zero attached hydrogens (tertiary/aromatic N) is 1. The molecule has 1 aliphatic carbocycles. The summed E-state index contributed by atoms with van der Waals surface area (Å²) in [6, 6.07) is 0.613. The minimum Gasteiger partial charge on any atom is -0.396 e. The number of aliphatic hydroxyl groups excluding tert-OH is 1. The van der Waals surface area contributed by atoms with Crippen molar-refractivity contribution in [2.75, 3.05) is 19.7 Å². The van der Waals surface area contributed by atoms with Crippen LogP contribution < -0.4 is 0 Å². The van der Waals surface area contributed by atoms with Gasteiger partial charge >= 0.3 is 0 Å². The van der Waals surface area contributed by atoms with Gasteiger partial charge < -0.3 is 9.90 Å². The molecule has 70 valence electrons. The minimum atomic E-state index is 0.224. The Morgan fingerprint density at radius 2 is 2.25 bits per heavy atom. The van der Waals surface area contributed by atoms with Crippen LogP contribution in [-0.2, 0) is 4.79 Å². The summed E-state index contributed by atoms with van der Waals surface area (Å²) in [5, 5.41) is 8.64. The second kappa shape index (κ2) is 5.27. The lowest BCUT2D eigenvalue weighted by Gasteiger charge is -2.36. The van der Waals surface area contributed by atoms with Crippen LogP contribution in [0.25, 0.3) is 0 Å². The summed E-state index contributed by atoms with van der Waals surface area (Å²) in [6.07, 6.45) is 5.47. The molecule has 0 aromatic carbocycles. The van der Waals surface area contributed by atoms with Crippen molar-refractivity contribution in [3.05, 3.63) is 0 Å². The van der Waals surface area contributed by atoms with Crippen LogP contribution in [0, 0.1) is 0 Å². The van der Waals surface area contributed by atoms with Gasteiger partial charge in [-0.15, -0.1) is 0 Å². The summed E-state index contributed by atoms with van der Waals surface area (Å²) in [5.41, 5.74) is 0. The fourth-order valence-corrected chi connectivity index (χ4v) is 1.54. The van der Waals surface area contributed by atoms with Crippen LogP contribution >= 0.6 is 0 Å². The molecule has 1 saturated carbocycles. The number of hydrogen-bond donors (Lipinski definition) is 1. The number of aliphatic hydroxyl groups is 1. The highest BCUT2D eigenvalue weighted by Gasteiger charge is 2.23. The van der Waals surface area contributed by atoms with Crippen LogP contribution in [0.2, 0.25) is 0 Å². The van der Waals surface area contributed by atoms with Gasteiger partial charge in [-0.25, -0.2) is 0 Å². The van der Waals surface area contributed by atoms with E-state index in [0.29, 0.717) is 12.6 Å². The maximum absolute atomic E-state index is 10.3. The van der Waals surface area contributed by atoms with Gasteiger partial charge in [0.15, 0.2) is 0 Å². The molecule has 0 atom stereocenters. The van der Waals surface area contributed by atoms with E-state index in [0.717, 1.165) is 19.3 Å². The number of hydrogen-bond acceptors (Lipinski definition) is 3. The van der Waals surface area contributed by atoms with Gasteiger partial charge in [0.2, 0.25) is 0 Å². The molecule has 1 aliphatic rings. The standard InChI is InChI=1S/C9H17NO2/c11-7-2-5-10(6-8-12)9-3-1-4-9/h8-9,11H,1-7H2. The molecule has 0 bridgehead atoms. The van der Waals surface area contributed by atoms with Gasteiger partial charge in [0.1, 0.15) is 6.29 Å². The summed E-state index contributed by atoms with van der Waals surface area (Å²) in [6.45, 7) is 1.62. The van der Waals surface area contributed by atoms with E-state index in [9.17, 15) is 4.79 Å². The molecule has 1 rings (SSSR count). The van der Waals surface area contributed by atoms with E-state index in [4.69, 9.17) is 5.11 Å². The molecule has 0 amide bonds. The zero-order valence-corrected chi connectivity index (χ0v) is 7.41. The summed E-state index contributed by atoms with van der Waals surface area (Å²) >= 11 is 0. The molecule has 0 unspecified atom stereocenters. The molecule has 0 aromatic heterocycles. The maximum atomic E-state index is 10.3. The first-order valence-corrected chi connectivity index (χ1v) is 4.67. The highest BCUT2D eigenvalue weighted by molar-refractivity contribution is 5.52. The Morgan fingerprint density at radius 1 is 1.50 bits per heavy atom. The van der Waals surface area contributed by atoms with E-state index in [1.54, 1.807) is 0 Å². The van der Waals surface area contributed by atoms with E-state index in [2.05, 4.69) is 4.90 Å². The molecule has 0 heterocycles. The summed E-state index contributed by atoms with van der Waals surface area (Å²) in [4.78, 5) is 12.5. The molecule has 0 aliphatic heterocycles. The van der Waals surface area contributed by atoms with Gasteiger partial charge in [-0.2, -0.15) is 0 Å². The van der Waals surface area contributed by atoms with Gasteiger partial charge in [-0.3, -0.25) is 4.90 Å². The number of aldehydes is 1. The Bertz CT molecular complexity index is 134. The molecule has 0 radical (unpaired) electrons. The zero-order valence-electron chi connectivity index (χ0n) is 7.41. The molecule has 12 heavy (non-hydrogen) atoms. The van der Waals surface area contributed by atoms with E-state index < -0.39 is 0 Å². The Hall–Kier alpha value is -0.410. The third-order valence-electron chi connectivity index (χ3n) is 2.50. The van der Waals surface area contributed by atoms with Crippen molar-refractivity contribution in [1.29, 1.82) is 0 Å². The lowest BCUT2D eigenvalue weighted by atomic mass is 9.91. The number of carbonyl (C=O) groups excluding carboxylic acids is 1. The van der Waals surface area contributed by atoms with Gasteiger partial charge in [0.05, 0.1) is 6.54 Å². The molecule has 1 fully saturated rings. The fraction of sp³-hybridized carbons (Fsp3) is 0.889. The number of carbonyl (C=O) groups is 1. The van der Waals surface area contributed by atoms with Crippen LogP contribution in [0.15, 0.2) is 0 Å². The lowest BCUT2D eigenvalue weighted by Crippen LogP contribution is -2.41. The molecule has 0 saturated heterocycles. The Labute approximate surface area is 73.4 Å². The summed E-state index contributed by atoms with van der Waals surface area (Å²) < 4.78 is 0. The van der Waals surface area contributed by atoms with E-state index in [1.165, 1.54) is 19.3 Å². The Kier molecular flexibility index (Phi) is 4.25. The second-order valence-electron chi connectivity index (χ2n) is 3.32. The third kappa shape index (κ3) is 2.57. The fourth-order valence-electron chi connectivity index (χ4n) is 1.54.